The lowest BCUT2D eigenvalue weighted by Gasteiger charge is -2.32. The maximum Gasteiger partial charge on any atom is 0.106 e. The highest BCUT2D eigenvalue weighted by molar-refractivity contribution is 5.06. The lowest BCUT2D eigenvalue weighted by molar-refractivity contribution is 0.174. The molecular formula is C17H36N4. The van der Waals surface area contributed by atoms with Crippen molar-refractivity contribution >= 4 is 0 Å². The van der Waals surface area contributed by atoms with Crippen LogP contribution >= 0.6 is 0 Å². The third kappa shape index (κ3) is 7.80. The molecule has 21 heavy (non-hydrogen) atoms. The number of nitrogens with one attached hydrogen (secondary N) is 1. The van der Waals surface area contributed by atoms with E-state index in [1.165, 1.54) is 0 Å². The summed E-state index contributed by atoms with van der Waals surface area (Å²) in [5.74, 6) is 0. The molecule has 0 amide bonds. The van der Waals surface area contributed by atoms with Crippen LogP contribution < -0.4 is 5.32 Å². The summed E-state index contributed by atoms with van der Waals surface area (Å²) in [5, 5.41) is 13.0. The van der Waals surface area contributed by atoms with Crippen LogP contribution in [-0.4, -0.2) is 61.7 Å². The van der Waals surface area contributed by atoms with Gasteiger partial charge in [-0.1, -0.05) is 20.8 Å². The largest absolute Gasteiger partial charge is 0.308 e. The van der Waals surface area contributed by atoms with Crippen LogP contribution in [0.1, 0.15) is 53.4 Å². The molecule has 0 fully saturated rings. The van der Waals surface area contributed by atoms with E-state index in [0.717, 1.165) is 51.9 Å². The van der Waals surface area contributed by atoms with Crippen molar-refractivity contribution in [1.82, 2.24) is 15.1 Å². The second kappa shape index (κ2) is 11.0. The summed E-state index contributed by atoms with van der Waals surface area (Å²) in [6.45, 7) is 12.9. The van der Waals surface area contributed by atoms with E-state index in [1.807, 2.05) is 0 Å². The van der Waals surface area contributed by atoms with E-state index in [9.17, 15) is 5.26 Å². The van der Waals surface area contributed by atoms with Gasteiger partial charge in [0.25, 0.3) is 0 Å². The van der Waals surface area contributed by atoms with Gasteiger partial charge in [-0.25, -0.2) is 0 Å². The average molecular weight is 297 g/mol. The smallest absolute Gasteiger partial charge is 0.106 e. The van der Waals surface area contributed by atoms with Gasteiger partial charge in [-0.05, 0) is 66.3 Å². The first-order valence-electron chi connectivity index (χ1n) is 8.49. The van der Waals surface area contributed by atoms with E-state index in [2.05, 4.69) is 63.0 Å². The molecule has 0 aromatic rings. The first-order valence-corrected chi connectivity index (χ1v) is 8.49. The fraction of sp³-hybridized carbons (Fsp3) is 0.941. The first kappa shape index (κ1) is 20.4. The van der Waals surface area contributed by atoms with E-state index < -0.39 is 0 Å². The van der Waals surface area contributed by atoms with Crippen LogP contribution in [0.3, 0.4) is 0 Å². The number of rotatable bonds is 12. The van der Waals surface area contributed by atoms with Crippen molar-refractivity contribution in [3.8, 4) is 6.07 Å². The summed E-state index contributed by atoms with van der Waals surface area (Å²) >= 11 is 0. The van der Waals surface area contributed by atoms with Crippen molar-refractivity contribution in [3.63, 3.8) is 0 Å². The molecule has 2 atom stereocenters. The molecule has 0 bridgehead atoms. The van der Waals surface area contributed by atoms with E-state index in [4.69, 9.17) is 0 Å². The molecule has 0 aliphatic rings. The fourth-order valence-corrected chi connectivity index (χ4v) is 2.85. The Kier molecular flexibility index (Phi) is 10.7. The van der Waals surface area contributed by atoms with Gasteiger partial charge < -0.3 is 4.90 Å². The predicted octanol–water partition coefficient (Wildman–Crippen LogP) is 2.71. The number of hydrogen-bond donors (Lipinski definition) is 1. The van der Waals surface area contributed by atoms with Crippen molar-refractivity contribution in [2.24, 2.45) is 0 Å². The third-order valence-corrected chi connectivity index (χ3v) is 4.24. The summed E-state index contributed by atoms with van der Waals surface area (Å²) in [7, 11) is 4.24. The zero-order valence-electron chi connectivity index (χ0n) is 15.1. The van der Waals surface area contributed by atoms with Crippen LogP contribution in [0.15, 0.2) is 0 Å². The maximum absolute atomic E-state index is 9.52. The van der Waals surface area contributed by atoms with Gasteiger partial charge in [0, 0.05) is 12.6 Å². The van der Waals surface area contributed by atoms with Gasteiger partial charge in [0.2, 0.25) is 0 Å². The van der Waals surface area contributed by atoms with E-state index in [-0.39, 0.29) is 5.54 Å². The first-order chi connectivity index (χ1) is 9.94. The van der Waals surface area contributed by atoms with Crippen LogP contribution in [-0.2, 0) is 0 Å². The summed E-state index contributed by atoms with van der Waals surface area (Å²) < 4.78 is 0. The van der Waals surface area contributed by atoms with Crippen molar-refractivity contribution in [1.29, 1.82) is 5.26 Å². The molecule has 0 aliphatic carbocycles. The maximum atomic E-state index is 9.52. The van der Waals surface area contributed by atoms with Crippen LogP contribution in [0, 0.1) is 11.3 Å². The summed E-state index contributed by atoms with van der Waals surface area (Å²) in [5.41, 5.74) is -0.333. The van der Waals surface area contributed by atoms with Gasteiger partial charge in [0.1, 0.15) is 5.54 Å². The molecule has 0 rings (SSSR count). The van der Waals surface area contributed by atoms with Crippen molar-refractivity contribution in [2.45, 2.75) is 65.0 Å². The Balaban J connectivity index is 4.37. The van der Waals surface area contributed by atoms with Crippen LogP contribution in [0.4, 0.5) is 0 Å². The van der Waals surface area contributed by atoms with E-state index in [1.54, 1.807) is 0 Å². The lowest BCUT2D eigenvalue weighted by Crippen LogP contribution is -2.45. The summed E-state index contributed by atoms with van der Waals surface area (Å²) in [6.07, 6.45) is 3.96. The summed E-state index contributed by atoms with van der Waals surface area (Å²) in [6, 6.07) is 3.08. The Hall–Kier alpha value is -0.630. The topological polar surface area (TPSA) is 42.3 Å². The minimum absolute atomic E-state index is 0.333. The van der Waals surface area contributed by atoms with Crippen LogP contribution in [0.5, 0.6) is 0 Å². The van der Waals surface area contributed by atoms with Gasteiger partial charge in [0.15, 0.2) is 0 Å². The van der Waals surface area contributed by atoms with Gasteiger partial charge in [-0.15, -0.1) is 0 Å². The minimum Gasteiger partial charge on any atom is -0.308 e. The second-order valence-corrected chi connectivity index (χ2v) is 6.32. The third-order valence-electron chi connectivity index (χ3n) is 4.24. The molecule has 0 saturated carbocycles. The number of nitriles is 1. The van der Waals surface area contributed by atoms with Gasteiger partial charge >= 0.3 is 0 Å². The Bertz CT molecular complexity index is 298. The Morgan fingerprint density at radius 2 is 1.90 bits per heavy atom. The van der Waals surface area contributed by atoms with Crippen molar-refractivity contribution < 1.29 is 0 Å². The van der Waals surface area contributed by atoms with E-state index in [0.29, 0.717) is 6.04 Å². The predicted molar refractivity (Wildman–Crippen MR) is 91.4 cm³/mol. The SMILES string of the molecule is CCCNC(C#N)(CC)CCCN(CC)C(C)CN(C)C. The van der Waals surface area contributed by atoms with Gasteiger partial charge in [0.05, 0.1) is 6.07 Å². The monoisotopic (exact) mass is 296 g/mol. The molecular weight excluding hydrogens is 260 g/mol. The molecule has 2 unspecified atom stereocenters. The molecule has 0 aromatic heterocycles. The lowest BCUT2D eigenvalue weighted by atomic mass is 9.91. The minimum atomic E-state index is -0.333. The molecule has 1 N–H and O–H groups in total. The highest BCUT2D eigenvalue weighted by atomic mass is 15.2. The normalized spacial score (nSPS) is 16.0. The zero-order valence-corrected chi connectivity index (χ0v) is 15.1. The quantitative estimate of drug-likeness (QED) is 0.601. The number of likely N-dealkylation sites (N-methyl/N-ethyl adjacent to an activating group) is 2. The molecule has 0 aromatic carbocycles. The standard InChI is InChI=1S/C17H36N4/c1-7-12-19-17(8-2,15-18)11-10-13-21(9-3)16(4)14-20(5)6/h16,19H,7-14H2,1-6H3. The van der Waals surface area contributed by atoms with Gasteiger partial charge in [-0.2, -0.15) is 5.26 Å². The number of hydrogen-bond acceptors (Lipinski definition) is 4. The molecule has 124 valence electrons. The average Bonchev–Trinajstić information content (AvgIpc) is 2.46. The zero-order chi connectivity index (χ0) is 16.3. The molecule has 4 nitrogen and oxygen atoms in total. The second-order valence-electron chi connectivity index (χ2n) is 6.32. The Labute approximate surface area is 132 Å². The van der Waals surface area contributed by atoms with Crippen molar-refractivity contribution in [3.05, 3.63) is 0 Å². The Morgan fingerprint density at radius 3 is 2.33 bits per heavy atom. The summed E-state index contributed by atoms with van der Waals surface area (Å²) in [4.78, 5) is 4.75. The fourth-order valence-electron chi connectivity index (χ4n) is 2.85. The van der Waals surface area contributed by atoms with Crippen molar-refractivity contribution in [2.75, 3.05) is 40.3 Å². The van der Waals surface area contributed by atoms with Crippen LogP contribution in [0.2, 0.25) is 0 Å². The molecule has 0 spiro atoms. The number of nitrogens with zero attached hydrogens (tertiary/aromatic N) is 3. The van der Waals surface area contributed by atoms with Crippen LogP contribution in [0.25, 0.3) is 0 Å². The molecule has 0 heterocycles. The molecule has 0 aliphatic heterocycles. The highest BCUT2D eigenvalue weighted by Gasteiger charge is 2.26. The molecule has 0 saturated heterocycles. The highest BCUT2D eigenvalue weighted by Crippen LogP contribution is 2.17. The Morgan fingerprint density at radius 1 is 1.24 bits per heavy atom. The molecule has 4 heteroatoms. The van der Waals surface area contributed by atoms with Gasteiger partial charge in [-0.3, -0.25) is 10.2 Å². The van der Waals surface area contributed by atoms with E-state index >= 15 is 0 Å². The molecule has 0 radical (unpaired) electrons.